The zero-order chi connectivity index (χ0) is 14.2. The minimum atomic E-state index is -0.974. The van der Waals surface area contributed by atoms with Gasteiger partial charge in [-0.05, 0) is 36.9 Å². The minimum absolute atomic E-state index is 0.0560. The van der Waals surface area contributed by atoms with Crippen molar-refractivity contribution in [2.45, 2.75) is 39.8 Å². The summed E-state index contributed by atoms with van der Waals surface area (Å²) >= 11 is 0. The minimum Gasteiger partial charge on any atom is -0.423 e. The topological polar surface area (TPSA) is 58.6 Å². The Kier molecular flexibility index (Phi) is 3.70. The van der Waals surface area contributed by atoms with E-state index in [2.05, 4.69) is 19.2 Å². The van der Waals surface area contributed by atoms with Crippen LogP contribution in [0.1, 0.15) is 43.6 Å². The van der Waals surface area contributed by atoms with Gasteiger partial charge in [-0.2, -0.15) is 0 Å². The van der Waals surface area contributed by atoms with E-state index < -0.39 is 12.7 Å². The molecule has 19 heavy (non-hydrogen) atoms. The number of carbonyl (C=O) groups is 1. The predicted molar refractivity (Wildman–Crippen MR) is 75.2 cm³/mol. The first-order valence-electron chi connectivity index (χ1n) is 6.58. The third-order valence-corrected chi connectivity index (χ3v) is 3.90. The first-order chi connectivity index (χ1) is 8.81. The summed E-state index contributed by atoms with van der Waals surface area (Å²) in [5.41, 5.74) is 1.86. The van der Waals surface area contributed by atoms with E-state index in [1.54, 1.807) is 12.1 Å². The van der Waals surface area contributed by atoms with E-state index in [-0.39, 0.29) is 5.91 Å². The van der Waals surface area contributed by atoms with Gasteiger partial charge in [-0.1, -0.05) is 26.0 Å². The standard InChI is InChI=1S/C14H20BNO3/c1-9(2)14(3,4)19-15(18)11-5-6-12-10(7-11)8-16-13(12)17/h5-7,9,18H,8H2,1-4H3,(H,16,17). The van der Waals surface area contributed by atoms with Crippen LogP contribution in [0.2, 0.25) is 0 Å². The van der Waals surface area contributed by atoms with Crippen LogP contribution in [0.5, 0.6) is 0 Å². The normalized spacial score (nSPS) is 14.5. The average Bonchev–Trinajstić information content (AvgIpc) is 2.70. The van der Waals surface area contributed by atoms with Crippen LogP contribution in [0.3, 0.4) is 0 Å². The molecular weight excluding hydrogens is 241 g/mol. The van der Waals surface area contributed by atoms with Crippen molar-refractivity contribution in [2.75, 3.05) is 0 Å². The van der Waals surface area contributed by atoms with Gasteiger partial charge in [0.25, 0.3) is 5.91 Å². The second-order valence-electron chi connectivity index (χ2n) is 5.83. The Morgan fingerprint density at radius 2 is 2.11 bits per heavy atom. The lowest BCUT2D eigenvalue weighted by atomic mass is 9.76. The Labute approximate surface area is 114 Å². The number of hydrogen-bond acceptors (Lipinski definition) is 3. The van der Waals surface area contributed by atoms with E-state index in [4.69, 9.17) is 4.65 Å². The van der Waals surface area contributed by atoms with Gasteiger partial charge in [0.2, 0.25) is 0 Å². The third-order valence-electron chi connectivity index (χ3n) is 3.90. The van der Waals surface area contributed by atoms with Crippen LogP contribution in [-0.2, 0) is 11.2 Å². The molecule has 0 bridgehead atoms. The van der Waals surface area contributed by atoms with Gasteiger partial charge in [0.15, 0.2) is 0 Å². The highest BCUT2D eigenvalue weighted by Crippen LogP contribution is 2.21. The molecule has 4 nitrogen and oxygen atoms in total. The van der Waals surface area contributed by atoms with Crippen molar-refractivity contribution in [1.82, 2.24) is 5.32 Å². The maximum absolute atomic E-state index is 11.5. The number of nitrogens with one attached hydrogen (secondary N) is 1. The fourth-order valence-electron chi connectivity index (χ4n) is 1.90. The van der Waals surface area contributed by atoms with Crippen molar-refractivity contribution in [3.8, 4) is 0 Å². The number of carbonyl (C=O) groups excluding carboxylic acids is 1. The summed E-state index contributed by atoms with van der Waals surface area (Å²) in [4.78, 5) is 11.5. The number of rotatable bonds is 4. The molecule has 1 heterocycles. The van der Waals surface area contributed by atoms with Crippen LogP contribution < -0.4 is 10.8 Å². The molecule has 0 saturated heterocycles. The molecule has 2 N–H and O–H groups in total. The lowest BCUT2D eigenvalue weighted by molar-refractivity contribution is 0.0423. The summed E-state index contributed by atoms with van der Waals surface area (Å²) in [5, 5.41) is 12.9. The molecule has 2 rings (SSSR count). The molecule has 1 aromatic rings. The maximum Gasteiger partial charge on any atom is 0.491 e. The number of fused-ring (bicyclic) bond motifs is 1. The van der Waals surface area contributed by atoms with E-state index in [9.17, 15) is 9.82 Å². The molecule has 1 aliphatic heterocycles. The number of amides is 1. The Morgan fingerprint density at radius 3 is 2.74 bits per heavy atom. The molecule has 0 spiro atoms. The summed E-state index contributed by atoms with van der Waals surface area (Å²) in [5.74, 6) is 0.235. The zero-order valence-corrected chi connectivity index (χ0v) is 11.9. The molecule has 1 aliphatic rings. The summed E-state index contributed by atoms with van der Waals surface area (Å²) < 4.78 is 5.72. The smallest absolute Gasteiger partial charge is 0.423 e. The highest BCUT2D eigenvalue weighted by molar-refractivity contribution is 6.60. The Hall–Kier alpha value is -1.33. The quantitative estimate of drug-likeness (QED) is 0.797. The Bertz CT molecular complexity index is 499. The van der Waals surface area contributed by atoms with Gasteiger partial charge >= 0.3 is 7.12 Å². The predicted octanol–water partition coefficient (Wildman–Crippen LogP) is 1.07. The fraction of sp³-hybridized carbons (Fsp3) is 0.500. The molecule has 0 fully saturated rings. The second-order valence-corrected chi connectivity index (χ2v) is 5.83. The molecule has 0 radical (unpaired) electrons. The van der Waals surface area contributed by atoms with Crippen molar-refractivity contribution in [3.05, 3.63) is 29.3 Å². The van der Waals surface area contributed by atoms with Gasteiger partial charge in [0, 0.05) is 12.1 Å². The summed E-state index contributed by atoms with van der Waals surface area (Å²) in [6, 6.07) is 5.31. The van der Waals surface area contributed by atoms with E-state index in [0.717, 1.165) is 5.56 Å². The molecule has 5 heteroatoms. The maximum atomic E-state index is 11.5. The van der Waals surface area contributed by atoms with Crippen molar-refractivity contribution in [1.29, 1.82) is 0 Å². The van der Waals surface area contributed by atoms with Gasteiger partial charge in [-0.25, -0.2) is 0 Å². The van der Waals surface area contributed by atoms with Crippen molar-refractivity contribution < 1.29 is 14.5 Å². The van der Waals surface area contributed by atoms with Gasteiger partial charge in [-0.15, -0.1) is 0 Å². The van der Waals surface area contributed by atoms with E-state index in [1.165, 1.54) is 0 Å². The molecule has 1 amide bonds. The molecule has 0 aliphatic carbocycles. The lowest BCUT2D eigenvalue weighted by Crippen LogP contribution is -2.44. The molecule has 1 aromatic carbocycles. The van der Waals surface area contributed by atoms with Crippen LogP contribution in [-0.4, -0.2) is 23.7 Å². The van der Waals surface area contributed by atoms with E-state index in [0.29, 0.717) is 23.5 Å². The summed E-state index contributed by atoms with van der Waals surface area (Å²) in [6.07, 6.45) is 0. The second kappa shape index (κ2) is 4.98. The van der Waals surface area contributed by atoms with Crippen molar-refractivity contribution in [3.63, 3.8) is 0 Å². The van der Waals surface area contributed by atoms with Gasteiger partial charge < -0.3 is 15.0 Å². The van der Waals surface area contributed by atoms with Crippen LogP contribution in [0.25, 0.3) is 0 Å². The molecule has 0 unspecified atom stereocenters. The number of benzene rings is 1. The SMILES string of the molecule is CC(C)C(C)(C)OB(O)c1ccc2c(c1)CNC2=O. The van der Waals surface area contributed by atoms with E-state index >= 15 is 0 Å². The van der Waals surface area contributed by atoms with Gasteiger partial charge in [-0.3, -0.25) is 4.79 Å². The largest absolute Gasteiger partial charge is 0.491 e. The third kappa shape index (κ3) is 2.82. The van der Waals surface area contributed by atoms with Gasteiger partial charge in [0.05, 0.1) is 5.60 Å². The number of hydrogen-bond donors (Lipinski definition) is 2. The molecule has 0 aromatic heterocycles. The van der Waals surface area contributed by atoms with Crippen molar-refractivity contribution >= 4 is 18.5 Å². The summed E-state index contributed by atoms with van der Waals surface area (Å²) in [7, 11) is -0.974. The highest BCUT2D eigenvalue weighted by Gasteiger charge is 2.31. The Balaban J connectivity index is 2.17. The zero-order valence-electron chi connectivity index (χ0n) is 11.9. The van der Waals surface area contributed by atoms with Crippen LogP contribution >= 0.6 is 0 Å². The first-order valence-corrected chi connectivity index (χ1v) is 6.58. The molecular formula is C14H20BNO3. The van der Waals surface area contributed by atoms with E-state index in [1.807, 2.05) is 19.9 Å². The van der Waals surface area contributed by atoms with Gasteiger partial charge in [0.1, 0.15) is 0 Å². The van der Waals surface area contributed by atoms with Crippen LogP contribution in [0.4, 0.5) is 0 Å². The molecule has 0 atom stereocenters. The highest BCUT2D eigenvalue weighted by atomic mass is 16.5. The molecule has 102 valence electrons. The van der Waals surface area contributed by atoms with Crippen LogP contribution in [0, 0.1) is 5.92 Å². The fourth-order valence-corrected chi connectivity index (χ4v) is 1.90. The lowest BCUT2D eigenvalue weighted by Gasteiger charge is -2.31. The average molecular weight is 261 g/mol. The monoisotopic (exact) mass is 261 g/mol. The molecule has 0 saturated carbocycles. The summed E-state index contributed by atoms with van der Waals surface area (Å²) in [6.45, 7) is 8.54. The Morgan fingerprint density at radius 1 is 1.42 bits per heavy atom. The first kappa shape index (κ1) is 14.1. The van der Waals surface area contributed by atoms with Crippen LogP contribution in [0.15, 0.2) is 18.2 Å². The van der Waals surface area contributed by atoms with Crippen molar-refractivity contribution in [2.24, 2.45) is 5.92 Å².